The quantitative estimate of drug-likeness (QED) is 0.747. The number of pyridine rings is 1. The molecule has 2 nitrogen and oxygen atoms in total. The second kappa shape index (κ2) is 3.25. The fraction of sp³-hybridized carbons (Fsp3) is 0.182. The van der Waals surface area contributed by atoms with E-state index in [1.54, 1.807) is 19.3 Å². The Morgan fingerprint density at radius 3 is 2.79 bits per heavy atom. The van der Waals surface area contributed by atoms with Crippen LogP contribution in [0.5, 0.6) is 0 Å². The molecule has 0 atom stereocenters. The van der Waals surface area contributed by atoms with Crippen molar-refractivity contribution < 1.29 is 4.39 Å². The standard InChI is InChI=1S/C11H11FN2/c1-7-3-4-9(12)10-8(7)5-6-14-11(10)13-2/h3-6H,1-2H3,(H,13,14). The molecule has 3 heteroatoms. The second-order valence-corrected chi connectivity index (χ2v) is 3.20. The van der Waals surface area contributed by atoms with Gasteiger partial charge in [-0.3, -0.25) is 0 Å². The zero-order chi connectivity index (χ0) is 10.1. The third-order valence-corrected chi connectivity index (χ3v) is 2.33. The molecule has 1 aromatic carbocycles. The number of halogens is 1. The van der Waals surface area contributed by atoms with Gasteiger partial charge in [-0.1, -0.05) is 6.07 Å². The van der Waals surface area contributed by atoms with Crippen LogP contribution in [0.4, 0.5) is 10.2 Å². The highest BCUT2D eigenvalue weighted by Crippen LogP contribution is 2.26. The number of rotatable bonds is 1. The number of nitrogens with zero attached hydrogens (tertiary/aromatic N) is 1. The topological polar surface area (TPSA) is 24.9 Å². The van der Waals surface area contributed by atoms with Crippen LogP contribution in [-0.4, -0.2) is 12.0 Å². The highest BCUT2D eigenvalue weighted by molar-refractivity contribution is 5.94. The van der Waals surface area contributed by atoms with Gasteiger partial charge in [0.1, 0.15) is 11.6 Å². The molecular formula is C11H11FN2. The third-order valence-electron chi connectivity index (χ3n) is 2.33. The predicted octanol–water partition coefficient (Wildman–Crippen LogP) is 2.72. The van der Waals surface area contributed by atoms with Crippen molar-refractivity contribution in [1.82, 2.24) is 4.98 Å². The van der Waals surface area contributed by atoms with Gasteiger partial charge in [0.25, 0.3) is 0 Å². The summed E-state index contributed by atoms with van der Waals surface area (Å²) in [5, 5.41) is 4.36. The van der Waals surface area contributed by atoms with Crippen LogP contribution < -0.4 is 5.32 Å². The Labute approximate surface area is 81.8 Å². The Hall–Kier alpha value is -1.64. The van der Waals surface area contributed by atoms with Crippen molar-refractivity contribution >= 4 is 16.6 Å². The van der Waals surface area contributed by atoms with Crippen LogP contribution in [0.2, 0.25) is 0 Å². The molecular weight excluding hydrogens is 179 g/mol. The molecule has 0 spiro atoms. The van der Waals surface area contributed by atoms with E-state index in [0.29, 0.717) is 11.2 Å². The maximum absolute atomic E-state index is 13.5. The zero-order valence-corrected chi connectivity index (χ0v) is 8.13. The van der Waals surface area contributed by atoms with Crippen LogP contribution in [0, 0.1) is 12.7 Å². The number of hydrogen-bond donors (Lipinski definition) is 1. The van der Waals surface area contributed by atoms with Gasteiger partial charge in [-0.2, -0.15) is 0 Å². The molecule has 2 rings (SSSR count). The monoisotopic (exact) mass is 190 g/mol. The van der Waals surface area contributed by atoms with E-state index in [1.165, 1.54) is 6.07 Å². The maximum atomic E-state index is 13.5. The number of anilines is 1. The van der Waals surface area contributed by atoms with Crippen molar-refractivity contribution in [1.29, 1.82) is 0 Å². The minimum absolute atomic E-state index is 0.233. The number of nitrogens with one attached hydrogen (secondary N) is 1. The van der Waals surface area contributed by atoms with Crippen molar-refractivity contribution in [2.75, 3.05) is 12.4 Å². The smallest absolute Gasteiger partial charge is 0.136 e. The van der Waals surface area contributed by atoms with Crippen LogP contribution >= 0.6 is 0 Å². The summed E-state index contributed by atoms with van der Waals surface area (Å²) in [5.74, 6) is 0.353. The summed E-state index contributed by atoms with van der Waals surface area (Å²) in [7, 11) is 1.74. The number of aromatic nitrogens is 1. The summed E-state index contributed by atoms with van der Waals surface area (Å²) in [6.07, 6.45) is 1.68. The molecule has 72 valence electrons. The number of hydrogen-bond acceptors (Lipinski definition) is 2. The van der Waals surface area contributed by atoms with E-state index in [1.807, 2.05) is 13.0 Å². The van der Waals surface area contributed by atoms with E-state index >= 15 is 0 Å². The normalized spacial score (nSPS) is 10.5. The van der Waals surface area contributed by atoms with Gasteiger partial charge in [0, 0.05) is 13.2 Å². The van der Waals surface area contributed by atoms with Crippen LogP contribution in [0.3, 0.4) is 0 Å². The molecule has 0 fully saturated rings. The van der Waals surface area contributed by atoms with Gasteiger partial charge >= 0.3 is 0 Å². The van der Waals surface area contributed by atoms with Crippen LogP contribution in [-0.2, 0) is 0 Å². The van der Waals surface area contributed by atoms with Crippen LogP contribution in [0.1, 0.15) is 5.56 Å². The third kappa shape index (κ3) is 1.21. The second-order valence-electron chi connectivity index (χ2n) is 3.20. The average molecular weight is 190 g/mol. The Morgan fingerprint density at radius 2 is 2.07 bits per heavy atom. The van der Waals surface area contributed by atoms with E-state index in [0.717, 1.165) is 10.9 Å². The summed E-state index contributed by atoms with van der Waals surface area (Å²) in [6.45, 7) is 1.96. The number of aryl methyl sites for hydroxylation is 1. The van der Waals surface area contributed by atoms with Crippen LogP contribution in [0.25, 0.3) is 10.8 Å². The maximum Gasteiger partial charge on any atom is 0.136 e. The molecule has 14 heavy (non-hydrogen) atoms. The minimum atomic E-state index is -0.233. The van der Waals surface area contributed by atoms with E-state index in [9.17, 15) is 4.39 Å². The Balaban J connectivity index is 2.92. The first kappa shape index (κ1) is 8.94. The van der Waals surface area contributed by atoms with Crippen molar-refractivity contribution in [2.24, 2.45) is 0 Å². The first-order valence-corrected chi connectivity index (χ1v) is 4.45. The lowest BCUT2D eigenvalue weighted by Gasteiger charge is -2.07. The van der Waals surface area contributed by atoms with Gasteiger partial charge in [0.15, 0.2) is 0 Å². The van der Waals surface area contributed by atoms with Crippen LogP contribution in [0.15, 0.2) is 24.4 Å². The Kier molecular flexibility index (Phi) is 2.08. The summed E-state index contributed by atoms with van der Waals surface area (Å²) in [5.41, 5.74) is 1.06. The van der Waals surface area contributed by atoms with Gasteiger partial charge in [0.05, 0.1) is 5.39 Å². The first-order chi connectivity index (χ1) is 6.74. The van der Waals surface area contributed by atoms with Gasteiger partial charge in [-0.25, -0.2) is 9.37 Å². The summed E-state index contributed by atoms with van der Waals surface area (Å²) < 4.78 is 13.5. The molecule has 2 aromatic rings. The first-order valence-electron chi connectivity index (χ1n) is 4.45. The molecule has 1 N–H and O–H groups in total. The van der Waals surface area contributed by atoms with Gasteiger partial charge in [0.2, 0.25) is 0 Å². The molecule has 1 aromatic heterocycles. The molecule has 0 aliphatic heterocycles. The van der Waals surface area contributed by atoms with Gasteiger partial charge in [-0.15, -0.1) is 0 Å². The fourth-order valence-corrected chi connectivity index (χ4v) is 1.59. The minimum Gasteiger partial charge on any atom is -0.373 e. The zero-order valence-electron chi connectivity index (χ0n) is 8.13. The molecule has 0 aliphatic rings. The molecule has 0 radical (unpaired) electrons. The van der Waals surface area contributed by atoms with Crippen molar-refractivity contribution in [3.63, 3.8) is 0 Å². The summed E-state index contributed by atoms with van der Waals surface area (Å²) in [6, 6.07) is 5.08. The molecule has 0 bridgehead atoms. The largest absolute Gasteiger partial charge is 0.373 e. The molecule has 0 amide bonds. The predicted molar refractivity (Wildman–Crippen MR) is 56.0 cm³/mol. The van der Waals surface area contributed by atoms with Crippen molar-refractivity contribution in [3.05, 3.63) is 35.8 Å². The van der Waals surface area contributed by atoms with E-state index < -0.39 is 0 Å². The van der Waals surface area contributed by atoms with E-state index in [2.05, 4.69) is 10.3 Å². The SMILES string of the molecule is CNc1nccc2c(C)ccc(F)c12. The van der Waals surface area contributed by atoms with Crippen molar-refractivity contribution in [3.8, 4) is 0 Å². The molecule has 0 saturated heterocycles. The highest BCUT2D eigenvalue weighted by atomic mass is 19.1. The average Bonchev–Trinajstić information content (AvgIpc) is 2.23. The lowest BCUT2D eigenvalue weighted by molar-refractivity contribution is 0.639. The number of fused-ring (bicyclic) bond motifs is 1. The Morgan fingerprint density at radius 1 is 1.29 bits per heavy atom. The Bertz CT molecular complexity index is 480. The number of benzene rings is 1. The lowest BCUT2D eigenvalue weighted by Crippen LogP contribution is -1.95. The van der Waals surface area contributed by atoms with Crippen molar-refractivity contribution in [2.45, 2.75) is 6.92 Å². The summed E-state index contributed by atoms with van der Waals surface area (Å²) in [4.78, 5) is 4.08. The summed E-state index contributed by atoms with van der Waals surface area (Å²) >= 11 is 0. The van der Waals surface area contributed by atoms with Gasteiger partial charge < -0.3 is 5.32 Å². The van der Waals surface area contributed by atoms with E-state index in [4.69, 9.17) is 0 Å². The fourth-order valence-electron chi connectivity index (χ4n) is 1.59. The molecule has 0 aliphatic carbocycles. The molecule has 0 saturated carbocycles. The lowest BCUT2D eigenvalue weighted by atomic mass is 10.1. The molecule has 1 heterocycles. The van der Waals surface area contributed by atoms with E-state index in [-0.39, 0.29) is 5.82 Å². The molecule has 0 unspecified atom stereocenters. The highest BCUT2D eigenvalue weighted by Gasteiger charge is 2.07. The van der Waals surface area contributed by atoms with Gasteiger partial charge in [-0.05, 0) is 30.0 Å².